The molecule has 0 unspecified atom stereocenters. The van der Waals surface area contributed by atoms with Gasteiger partial charge in [-0.1, -0.05) is 0 Å². The van der Waals surface area contributed by atoms with E-state index in [9.17, 15) is 10.1 Å². The number of nitro benzene ring substituents is 1. The Morgan fingerprint density at radius 1 is 1.19 bits per heavy atom. The fourth-order valence-electron chi connectivity index (χ4n) is 2.75. The Kier molecular flexibility index (Phi) is 7.39. The van der Waals surface area contributed by atoms with E-state index in [4.69, 9.17) is 14.2 Å². The first-order chi connectivity index (χ1) is 15.0. The number of nitro groups is 1. The summed E-state index contributed by atoms with van der Waals surface area (Å²) in [5, 5.41) is 18.1. The number of hydrogen-bond donors (Lipinski definition) is 1. The first kappa shape index (κ1) is 22.0. The number of nitrogens with zero attached hydrogens (tertiary/aromatic N) is 3. The molecule has 2 aromatic carbocycles. The van der Waals surface area contributed by atoms with Gasteiger partial charge in [-0.05, 0) is 44.2 Å². The molecule has 0 fully saturated rings. The molecule has 9 nitrogen and oxygen atoms in total. The van der Waals surface area contributed by atoms with Crippen molar-refractivity contribution in [1.82, 2.24) is 4.98 Å². The molecule has 0 saturated carbocycles. The average molecular weight is 442 g/mol. The Bertz CT molecular complexity index is 1070. The van der Waals surface area contributed by atoms with Gasteiger partial charge >= 0.3 is 5.69 Å². The van der Waals surface area contributed by atoms with Crippen molar-refractivity contribution < 1.29 is 19.1 Å². The van der Waals surface area contributed by atoms with Crippen molar-refractivity contribution in [2.45, 2.75) is 13.8 Å². The number of ether oxygens (including phenoxy) is 3. The van der Waals surface area contributed by atoms with Crippen LogP contribution in [0.2, 0.25) is 0 Å². The van der Waals surface area contributed by atoms with Gasteiger partial charge in [-0.15, -0.1) is 11.3 Å². The molecule has 0 aliphatic rings. The van der Waals surface area contributed by atoms with Crippen LogP contribution in [0, 0.1) is 10.1 Å². The molecule has 0 atom stereocenters. The number of thiazole rings is 1. The monoisotopic (exact) mass is 442 g/mol. The maximum Gasteiger partial charge on any atom is 0.315 e. The van der Waals surface area contributed by atoms with Crippen molar-refractivity contribution in [3.63, 3.8) is 0 Å². The minimum absolute atomic E-state index is 0.114. The van der Waals surface area contributed by atoms with Gasteiger partial charge in [0.05, 0.1) is 37.2 Å². The van der Waals surface area contributed by atoms with Crippen LogP contribution in [-0.2, 0) is 0 Å². The molecule has 31 heavy (non-hydrogen) atoms. The summed E-state index contributed by atoms with van der Waals surface area (Å²) in [6.45, 7) is 4.19. The van der Waals surface area contributed by atoms with Crippen molar-refractivity contribution in [1.29, 1.82) is 0 Å². The lowest BCUT2D eigenvalue weighted by Crippen LogP contribution is -2.03. The maximum absolute atomic E-state index is 11.5. The van der Waals surface area contributed by atoms with E-state index < -0.39 is 4.92 Å². The first-order valence-corrected chi connectivity index (χ1v) is 10.4. The number of hydrazone groups is 1. The lowest BCUT2D eigenvalue weighted by molar-refractivity contribution is -0.385. The molecule has 0 saturated heterocycles. The Labute approximate surface area is 183 Å². The molecule has 0 aliphatic heterocycles. The number of benzene rings is 2. The highest BCUT2D eigenvalue weighted by atomic mass is 32.1. The fraction of sp³-hybridized carbons (Fsp3) is 0.238. The van der Waals surface area contributed by atoms with Gasteiger partial charge in [0.25, 0.3) is 0 Å². The highest BCUT2D eigenvalue weighted by molar-refractivity contribution is 7.14. The third kappa shape index (κ3) is 5.48. The normalized spacial score (nSPS) is 10.8. The summed E-state index contributed by atoms with van der Waals surface area (Å²) >= 11 is 1.40. The molecule has 1 aromatic heterocycles. The van der Waals surface area contributed by atoms with Crippen molar-refractivity contribution in [3.8, 4) is 28.5 Å². The summed E-state index contributed by atoms with van der Waals surface area (Å²) in [6.07, 6.45) is 1.47. The smallest absolute Gasteiger partial charge is 0.315 e. The van der Waals surface area contributed by atoms with Gasteiger partial charge in [0, 0.05) is 22.6 Å². The average Bonchev–Trinajstić information content (AvgIpc) is 3.24. The summed E-state index contributed by atoms with van der Waals surface area (Å²) in [7, 11) is 1.62. The number of hydrogen-bond acceptors (Lipinski definition) is 9. The molecular formula is C21H22N4O5S. The SMILES string of the molecule is CCOc1cc(/C=N\Nc2nc(-c3ccc(OC)cc3)cs2)cc([N+](=O)[O-])c1OCC. The van der Waals surface area contributed by atoms with Crippen LogP contribution in [0.25, 0.3) is 11.3 Å². The number of methoxy groups -OCH3 is 1. The largest absolute Gasteiger partial charge is 0.497 e. The Hall–Kier alpha value is -3.66. The number of anilines is 1. The van der Waals surface area contributed by atoms with Crippen molar-refractivity contribution >= 4 is 28.4 Å². The van der Waals surface area contributed by atoms with E-state index in [2.05, 4.69) is 15.5 Å². The minimum atomic E-state index is -0.500. The zero-order valence-corrected chi connectivity index (χ0v) is 18.1. The van der Waals surface area contributed by atoms with E-state index in [0.29, 0.717) is 23.1 Å². The number of aromatic nitrogens is 1. The highest BCUT2D eigenvalue weighted by Crippen LogP contribution is 2.38. The summed E-state index contributed by atoms with van der Waals surface area (Å²) in [6, 6.07) is 10.6. The summed E-state index contributed by atoms with van der Waals surface area (Å²) < 4.78 is 16.1. The van der Waals surface area contributed by atoms with Crippen molar-refractivity contribution in [2.24, 2.45) is 5.10 Å². The van der Waals surface area contributed by atoms with Crippen LogP contribution in [0.4, 0.5) is 10.8 Å². The van der Waals surface area contributed by atoms with Crippen LogP contribution >= 0.6 is 11.3 Å². The second kappa shape index (κ2) is 10.4. The summed E-state index contributed by atoms with van der Waals surface area (Å²) in [5.41, 5.74) is 4.94. The summed E-state index contributed by atoms with van der Waals surface area (Å²) in [4.78, 5) is 15.5. The van der Waals surface area contributed by atoms with E-state index in [1.165, 1.54) is 23.6 Å². The van der Waals surface area contributed by atoms with Gasteiger partial charge in [-0.2, -0.15) is 5.10 Å². The zero-order chi connectivity index (χ0) is 22.2. The number of rotatable bonds is 10. The third-order valence-electron chi connectivity index (χ3n) is 4.11. The second-order valence-electron chi connectivity index (χ2n) is 6.13. The quantitative estimate of drug-likeness (QED) is 0.268. The molecule has 162 valence electrons. The van der Waals surface area contributed by atoms with Gasteiger partial charge in [-0.25, -0.2) is 4.98 Å². The molecule has 0 radical (unpaired) electrons. The van der Waals surface area contributed by atoms with E-state index in [0.717, 1.165) is 17.0 Å². The van der Waals surface area contributed by atoms with Crippen LogP contribution in [0.15, 0.2) is 46.9 Å². The van der Waals surface area contributed by atoms with Gasteiger partial charge in [0.2, 0.25) is 10.9 Å². The van der Waals surface area contributed by atoms with Crippen molar-refractivity contribution in [3.05, 3.63) is 57.5 Å². The minimum Gasteiger partial charge on any atom is -0.497 e. The predicted molar refractivity (Wildman–Crippen MR) is 121 cm³/mol. The zero-order valence-electron chi connectivity index (χ0n) is 17.3. The fourth-order valence-corrected chi connectivity index (χ4v) is 3.42. The van der Waals surface area contributed by atoms with Gasteiger partial charge in [-0.3, -0.25) is 15.5 Å². The molecule has 1 N–H and O–H groups in total. The molecule has 10 heteroatoms. The molecule has 0 amide bonds. The van der Waals surface area contributed by atoms with Gasteiger partial charge in [0.15, 0.2) is 5.75 Å². The van der Waals surface area contributed by atoms with Crippen LogP contribution in [0.3, 0.4) is 0 Å². The lowest BCUT2D eigenvalue weighted by atomic mass is 10.2. The molecular weight excluding hydrogens is 420 g/mol. The molecule has 1 heterocycles. The first-order valence-electron chi connectivity index (χ1n) is 9.52. The highest BCUT2D eigenvalue weighted by Gasteiger charge is 2.22. The maximum atomic E-state index is 11.5. The molecule has 0 bridgehead atoms. The standard InChI is InChI=1S/C21H22N4O5S/c1-4-29-19-11-14(10-18(25(26)27)20(19)30-5-2)12-22-24-21-23-17(13-31-21)15-6-8-16(28-3)9-7-15/h6-13H,4-5H2,1-3H3,(H,23,24)/b22-12-. The Balaban J connectivity index is 1.77. The topological polar surface area (TPSA) is 108 Å². The van der Waals surface area contributed by atoms with Crippen LogP contribution in [0.1, 0.15) is 19.4 Å². The summed E-state index contributed by atoms with van der Waals surface area (Å²) in [5.74, 6) is 1.19. The van der Waals surface area contributed by atoms with Gasteiger partial charge < -0.3 is 14.2 Å². The van der Waals surface area contributed by atoms with E-state index >= 15 is 0 Å². The molecule has 3 aromatic rings. The van der Waals surface area contributed by atoms with Crippen LogP contribution < -0.4 is 19.6 Å². The van der Waals surface area contributed by atoms with E-state index in [1.807, 2.05) is 29.6 Å². The Morgan fingerprint density at radius 3 is 2.58 bits per heavy atom. The van der Waals surface area contributed by atoms with Crippen LogP contribution in [0.5, 0.6) is 17.2 Å². The van der Waals surface area contributed by atoms with E-state index in [1.54, 1.807) is 27.0 Å². The molecule has 0 spiro atoms. The van der Waals surface area contributed by atoms with E-state index in [-0.39, 0.29) is 18.0 Å². The Morgan fingerprint density at radius 2 is 1.94 bits per heavy atom. The third-order valence-corrected chi connectivity index (χ3v) is 4.85. The number of nitrogens with one attached hydrogen (secondary N) is 1. The van der Waals surface area contributed by atoms with Gasteiger partial charge in [0.1, 0.15) is 5.75 Å². The second-order valence-corrected chi connectivity index (χ2v) is 6.98. The lowest BCUT2D eigenvalue weighted by Gasteiger charge is -2.11. The predicted octanol–water partition coefficient (Wildman–Crippen LogP) is 4.97. The molecule has 0 aliphatic carbocycles. The van der Waals surface area contributed by atoms with Crippen molar-refractivity contribution in [2.75, 3.05) is 25.7 Å². The van der Waals surface area contributed by atoms with Crippen LogP contribution in [-0.4, -0.2) is 36.4 Å². The molecule has 3 rings (SSSR count).